The van der Waals surface area contributed by atoms with Crippen molar-refractivity contribution >= 4 is 43.5 Å². The van der Waals surface area contributed by atoms with E-state index in [0.717, 1.165) is 21.5 Å². The number of nitrogens with zero attached hydrogens (tertiary/aromatic N) is 1. The highest BCUT2D eigenvalue weighted by molar-refractivity contribution is 9.10. The Bertz CT molecular complexity index is 543. The highest BCUT2D eigenvalue weighted by Gasteiger charge is 2.28. The summed E-state index contributed by atoms with van der Waals surface area (Å²) in [6.07, 6.45) is 2.81. The molecular weight excluding hydrogens is 386 g/mol. The van der Waals surface area contributed by atoms with Gasteiger partial charge in [-0.15, -0.1) is 0 Å². The van der Waals surface area contributed by atoms with E-state index in [1.54, 1.807) is 0 Å². The molecule has 0 spiro atoms. The summed E-state index contributed by atoms with van der Waals surface area (Å²) >= 11 is 6.99. The van der Waals surface area contributed by atoms with E-state index in [1.165, 1.54) is 0 Å². The average molecular weight is 403 g/mol. The van der Waals surface area contributed by atoms with E-state index >= 15 is 0 Å². The zero-order chi connectivity index (χ0) is 14.7. The number of amides is 1. The van der Waals surface area contributed by atoms with Gasteiger partial charge in [-0.05, 0) is 54.4 Å². The van der Waals surface area contributed by atoms with Gasteiger partial charge in [-0.2, -0.15) is 0 Å². The van der Waals surface area contributed by atoms with Gasteiger partial charge < -0.3 is 9.64 Å². The van der Waals surface area contributed by atoms with Gasteiger partial charge in [0, 0.05) is 22.3 Å². The first-order valence-electron chi connectivity index (χ1n) is 6.66. The number of benzene rings is 1. The van der Waals surface area contributed by atoms with Crippen LogP contribution in [0.4, 0.5) is 0 Å². The van der Waals surface area contributed by atoms with Crippen molar-refractivity contribution in [1.29, 1.82) is 0 Å². The molecule has 108 valence electrons. The Morgan fingerprint density at radius 2 is 2.15 bits per heavy atom. The first-order valence-corrected chi connectivity index (χ1v) is 8.37. The van der Waals surface area contributed by atoms with Crippen molar-refractivity contribution in [3.8, 4) is 5.75 Å². The van der Waals surface area contributed by atoms with Gasteiger partial charge in [-0.3, -0.25) is 4.79 Å². The molecule has 1 aromatic carbocycles. The average Bonchev–Trinajstić information content (AvgIpc) is 2.43. The van der Waals surface area contributed by atoms with Gasteiger partial charge in [0.2, 0.25) is 5.91 Å². The van der Waals surface area contributed by atoms with Crippen molar-refractivity contribution in [3.05, 3.63) is 34.3 Å². The highest BCUT2D eigenvalue weighted by Crippen LogP contribution is 2.34. The second-order valence-electron chi connectivity index (χ2n) is 4.45. The number of hydrogen-bond donors (Lipinski definition) is 0. The maximum absolute atomic E-state index is 12.2. The van der Waals surface area contributed by atoms with Crippen LogP contribution in [0.5, 0.6) is 5.75 Å². The van der Waals surface area contributed by atoms with Crippen molar-refractivity contribution in [3.63, 3.8) is 0 Å². The van der Waals surface area contributed by atoms with Crippen LogP contribution in [0.25, 0.3) is 5.70 Å². The molecular formula is C15H17Br2NO2. The Kier molecular flexibility index (Phi) is 5.27. The number of carbonyl (C=O) groups is 1. The molecule has 1 amide bonds. The van der Waals surface area contributed by atoms with Crippen LogP contribution in [0.15, 0.2) is 28.7 Å². The van der Waals surface area contributed by atoms with Crippen LogP contribution in [0, 0.1) is 0 Å². The summed E-state index contributed by atoms with van der Waals surface area (Å²) in [6.45, 7) is 5.24. The number of rotatable bonds is 4. The predicted octanol–water partition coefficient (Wildman–Crippen LogP) is 4.20. The largest absolute Gasteiger partial charge is 0.494 e. The Labute approximate surface area is 136 Å². The summed E-state index contributed by atoms with van der Waals surface area (Å²) in [6, 6.07) is 5.87. The number of carbonyl (C=O) groups excluding carboxylic acids is 1. The van der Waals surface area contributed by atoms with Crippen LogP contribution < -0.4 is 4.74 Å². The summed E-state index contributed by atoms with van der Waals surface area (Å²) in [5, 5.41) is 0. The first-order chi connectivity index (χ1) is 9.58. The molecule has 0 saturated carbocycles. The lowest BCUT2D eigenvalue weighted by atomic mass is 10.0. The minimum absolute atomic E-state index is 0.116. The second-order valence-corrected chi connectivity index (χ2v) is 6.41. The summed E-state index contributed by atoms with van der Waals surface area (Å²) in [5.41, 5.74) is 1.98. The van der Waals surface area contributed by atoms with Crippen LogP contribution in [0.3, 0.4) is 0 Å². The third-order valence-electron chi connectivity index (χ3n) is 3.19. The van der Waals surface area contributed by atoms with Crippen molar-refractivity contribution in [2.45, 2.75) is 25.1 Å². The molecule has 20 heavy (non-hydrogen) atoms. The Morgan fingerprint density at radius 3 is 2.75 bits per heavy atom. The van der Waals surface area contributed by atoms with Gasteiger partial charge >= 0.3 is 0 Å². The third kappa shape index (κ3) is 3.09. The molecule has 0 saturated heterocycles. The van der Waals surface area contributed by atoms with E-state index in [0.29, 0.717) is 19.6 Å². The molecule has 0 radical (unpaired) electrons. The molecule has 0 aromatic heterocycles. The molecule has 1 heterocycles. The van der Waals surface area contributed by atoms with Crippen molar-refractivity contribution < 1.29 is 9.53 Å². The molecule has 1 aliphatic rings. The van der Waals surface area contributed by atoms with Crippen LogP contribution >= 0.6 is 31.9 Å². The van der Waals surface area contributed by atoms with Gasteiger partial charge in [-0.1, -0.05) is 22.0 Å². The van der Waals surface area contributed by atoms with Gasteiger partial charge in [0.05, 0.1) is 11.4 Å². The summed E-state index contributed by atoms with van der Waals surface area (Å²) < 4.78 is 6.42. The van der Waals surface area contributed by atoms with E-state index in [-0.39, 0.29) is 10.7 Å². The molecule has 2 rings (SSSR count). The van der Waals surface area contributed by atoms with Crippen molar-refractivity contribution in [2.24, 2.45) is 0 Å². The smallest absolute Gasteiger partial charge is 0.241 e. The molecule has 1 aliphatic heterocycles. The van der Waals surface area contributed by atoms with Gasteiger partial charge in [0.25, 0.3) is 0 Å². The van der Waals surface area contributed by atoms with Gasteiger partial charge in [0.15, 0.2) is 0 Å². The molecule has 0 N–H and O–H groups in total. The van der Waals surface area contributed by atoms with Gasteiger partial charge in [0.1, 0.15) is 5.75 Å². The maximum Gasteiger partial charge on any atom is 0.241 e. The Hall–Kier alpha value is -0.810. The van der Waals surface area contributed by atoms with E-state index < -0.39 is 0 Å². The second kappa shape index (κ2) is 6.76. The quantitative estimate of drug-likeness (QED) is 0.706. The minimum atomic E-state index is -0.118. The van der Waals surface area contributed by atoms with Crippen molar-refractivity contribution in [2.75, 3.05) is 13.2 Å². The molecule has 1 atom stereocenters. The van der Waals surface area contributed by atoms with E-state index in [9.17, 15) is 4.79 Å². The third-order valence-corrected chi connectivity index (χ3v) is 4.61. The SMILES string of the molecule is CCOc1ccc(C2=CCC(Br)C(=O)N2CC)c(Br)c1. The summed E-state index contributed by atoms with van der Waals surface area (Å²) in [5.74, 6) is 0.943. The summed E-state index contributed by atoms with van der Waals surface area (Å²) in [7, 11) is 0. The van der Waals surface area contributed by atoms with Gasteiger partial charge in [-0.25, -0.2) is 0 Å². The number of ether oxygens (including phenoxy) is 1. The van der Waals surface area contributed by atoms with Crippen LogP contribution in [0.2, 0.25) is 0 Å². The monoisotopic (exact) mass is 401 g/mol. The molecule has 3 nitrogen and oxygen atoms in total. The first kappa shape index (κ1) is 15.6. The summed E-state index contributed by atoms with van der Waals surface area (Å²) in [4.78, 5) is 13.9. The van der Waals surface area contributed by atoms with Crippen LogP contribution in [-0.4, -0.2) is 28.8 Å². The molecule has 0 fully saturated rings. The maximum atomic E-state index is 12.2. The van der Waals surface area contributed by atoms with Crippen LogP contribution in [-0.2, 0) is 4.79 Å². The van der Waals surface area contributed by atoms with Crippen LogP contribution in [0.1, 0.15) is 25.8 Å². The normalized spacial score (nSPS) is 19.0. The molecule has 1 unspecified atom stereocenters. The zero-order valence-corrected chi connectivity index (χ0v) is 14.7. The topological polar surface area (TPSA) is 29.5 Å². The fourth-order valence-electron chi connectivity index (χ4n) is 2.26. The predicted molar refractivity (Wildman–Crippen MR) is 88.0 cm³/mol. The molecule has 0 bridgehead atoms. The van der Waals surface area contributed by atoms with E-state index in [1.807, 2.05) is 36.9 Å². The lowest BCUT2D eigenvalue weighted by molar-refractivity contribution is -0.127. The molecule has 5 heteroatoms. The van der Waals surface area contributed by atoms with Crippen molar-refractivity contribution in [1.82, 2.24) is 4.90 Å². The van der Waals surface area contributed by atoms with E-state index in [2.05, 4.69) is 37.9 Å². The Morgan fingerprint density at radius 1 is 1.40 bits per heavy atom. The zero-order valence-electron chi connectivity index (χ0n) is 11.5. The number of alkyl halides is 1. The molecule has 1 aromatic rings. The fraction of sp³-hybridized carbons (Fsp3) is 0.400. The molecule has 0 aliphatic carbocycles. The standard InChI is InChI=1S/C15H17Br2NO2/c1-3-18-14(8-7-12(16)15(18)19)11-6-5-10(20-4-2)9-13(11)17/h5-6,8-9,12H,3-4,7H2,1-2H3. The number of hydrogen-bond acceptors (Lipinski definition) is 2. The lowest BCUT2D eigenvalue weighted by Gasteiger charge is -2.31. The number of halogens is 2. The van der Waals surface area contributed by atoms with E-state index in [4.69, 9.17) is 4.74 Å². The Balaban J connectivity index is 2.37. The number of allylic oxidation sites excluding steroid dienone is 1. The lowest BCUT2D eigenvalue weighted by Crippen LogP contribution is -2.38. The fourth-order valence-corrected chi connectivity index (χ4v) is 3.25. The highest BCUT2D eigenvalue weighted by atomic mass is 79.9. The minimum Gasteiger partial charge on any atom is -0.494 e.